The molecular formula is C20H23F2N7O2. The predicted octanol–water partition coefficient (Wildman–Crippen LogP) is 2.76. The molecular weight excluding hydrogens is 408 g/mol. The smallest absolute Gasteiger partial charge is 0.267 e. The van der Waals surface area contributed by atoms with Gasteiger partial charge < -0.3 is 10.2 Å². The molecule has 0 bridgehead atoms. The molecule has 1 atom stereocenters. The summed E-state index contributed by atoms with van der Waals surface area (Å²) >= 11 is 0. The average Bonchev–Trinajstić information content (AvgIpc) is 3.45. The van der Waals surface area contributed by atoms with Crippen LogP contribution in [0.5, 0.6) is 0 Å². The Bertz CT molecular complexity index is 1180. The van der Waals surface area contributed by atoms with Crippen LogP contribution in [0.3, 0.4) is 0 Å². The summed E-state index contributed by atoms with van der Waals surface area (Å²) in [5.41, 5.74) is 3.18. The second kappa shape index (κ2) is 8.16. The van der Waals surface area contributed by atoms with Crippen LogP contribution >= 0.6 is 0 Å². The number of aromatic nitrogens is 7. The van der Waals surface area contributed by atoms with Crippen LogP contribution in [0.25, 0.3) is 28.0 Å². The highest BCUT2D eigenvalue weighted by Crippen LogP contribution is 2.33. The zero-order valence-electron chi connectivity index (χ0n) is 17.1. The lowest BCUT2D eigenvalue weighted by molar-refractivity contribution is -0.0483. The Morgan fingerprint density at radius 2 is 1.84 bits per heavy atom. The lowest BCUT2D eigenvalue weighted by Gasteiger charge is -2.22. The summed E-state index contributed by atoms with van der Waals surface area (Å²) in [5.74, 6) is -2.91. The van der Waals surface area contributed by atoms with Gasteiger partial charge in [-0.1, -0.05) is 6.92 Å². The van der Waals surface area contributed by atoms with Crippen molar-refractivity contribution in [1.29, 1.82) is 0 Å². The molecule has 0 aliphatic carbocycles. The number of fused-ring (bicyclic) bond motifs is 1. The highest BCUT2D eigenvalue weighted by Gasteiger charge is 2.35. The molecule has 31 heavy (non-hydrogen) atoms. The first-order chi connectivity index (χ1) is 14.8. The molecule has 0 spiro atoms. The molecule has 4 aromatic rings. The van der Waals surface area contributed by atoms with Gasteiger partial charge in [-0.2, -0.15) is 15.3 Å². The average molecular weight is 431 g/mol. The highest BCUT2D eigenvalue weighted by atomic mass is 19.3. The van der Waals surface area contributed by atoms with Gasteiger partial charge in [0.15, 0.2) is 6.29 Å². The van der Waals surface area contributed by atoms with Crippen molar-refractivity contribution in [3.05, 3.63) is 43.2 Å². The summed E-state index contributed by atoms with van der Waals surface area (Å²) in [6, 6.07) is 0.742. The van der Waals surface area contributed by atoms with Gasteiger partial charge in [-0.15, -0.1) is 0 Å². The van der Waals surface area contributed by atoms with Gasteiger partial charge in [0.1, 0.15) is 6.04 Å². The van der Waals surface area contributed by atoms with Crippen LogP contribution in [-0.4, -0.2) is 56.6 Å². The van der Waals surface area contributed by atoms with Gasteiger partial charge in [-0.05, 0) is 12.5 Å². The van der Waals surface area contributed by atoms with Crippen molar-refractivity contribution in [3.63, 3.8) is 0 Å². The molecule has 4 rings (SSSR count). The quantitative estimate of drug-likeness (QED) is 0.416. The Kier molecular flexibility index (Phi) is 5.54. The number of hydrogen-bond acceptors (Lipinski definition) is 6. The van der Waals surface area contributed by atoms with E-state index in [1.165, 1.54) is 10.9 Å². The minimum Gasteiger partial charge on any atom is -0.368 e. The number of aliphatic hydroxyl groups excluding tert-OH is 1. The first-order valence-electron chi connectivity index (χ1n) is 9.92. The van der Waals surface area contributed by atoms with Crippen molar-refractivity contribution in [2.45, 2.75) is 51.5 Å². The molecule has 0 saturated carbocycles. The second-order valence-corrected chi connectivity index (χ2v) is 7.49. The minimum atomic E-state index is -2.91. The maximum atomic E-state index is 14.0. The van der Waals surface area contributed by atoms with E-state index in [0.29, 0.717) is 29.1 Å². The SMILES string of the molecule is CCC(n1cc(-c2nc(-c3cnn(CCC(O)O)c3)cn3nccc23)cn1)C(C)(F)F. The van der Waals surface area contributed by atoms with Gasteiger partial charge in [-0.25, -0.2) is 18.3 Å². The van der Waals surface area contributed by atoms with E-state index < -0.39 is 18.3 Å². The largest absolute Gasteiger partial charge is 0.368 e. The summed E-state index contributed by atoms with van der Waals surface area (Å²) < 4.78 is 32.5. The molecule has 9 nitrogen and oxygen atoms in total. The lowest BCUT2D eigenvalue weighted by atomic mass is 10.1. The van der Waals surface area contributed by atoms with Gasteiger partial charge in [0.2, 0.25) is 0 Å². The third-order valence-corrected chi connectivity index (χ3v) is 5.10. The predicted molar refractivity (Wildman–Crippen MR) is 108 cm³/mol. The number of nitrogens with zero attached hydrogens (tertiary/aromatic N) is 7. The molecule has 4 heterocycles. The first kappa shape index (κ1) is 21.1. The Morgan fingerprint density at radius 1 is 1.06 bits per heavy atom. The van der Waals surface area contributed by atoms with Gasteiger partial charge in [-0.3, -0.25) is 9.36 Å². The van der Waals surface area contributed by atoms with E-state index in [4.69, 9.17) is 15.2 Å². The molecule has 1 unspecified atom stereocenters. The van der Waals surface area contributed by atoms with Crippen molar-refractivity contribution >= 4 is 5.52 Å². The van der Waals surface area contributed by atoms with Crippen molar-refractivity contribution < 1.29 is 19.0 Å². The molecule has 0 aromatic carbocycles. The Morgan fingerprint density at radius 3 is 2.55 bits per heavy atom. The van der Waals surface area contributed by atoms with Gasteiger partial charge in [0.05, 0.1) is 41.7 Å². The number of aryl methyl sites for hydroxylation is 1. The van der Waals surface area contributed by atoms with E-state index in [1.54, 1.807) is 53.2 Å². The van der Waals surface area contributed by atoms with E-state index in [0.717, 1.165) is 12.4 Å². The minimum absolute atomic E-state index is 0.151. The van der Waals surface area contributed by atoms with Crippen molar-refractivity contribution in [1.82, 2.24) is 34.2 Å². The van der Waals surface area contributed by atoms with E-state index in [-0.39, 0.29) is 12.8 Å². The van der Waals surface area contributed by atoms with E-state index in [9.17, 15) is 8.78 Å². The number of alkyl halides is 2. The molecule has 0 saturated heterocycles. The van der Waals surface area contributed by atoms with Gasteiger partial charge in [0, 0.05) is 43.4 Å². The fraction of sp³-hybridized carbons (Fsp3) is 0.400. The Labute approximate surface area is 176 Å². The fourth-order valence-corrected chi connectivity index (χ4v) is 3.55. The second-order valence-electron chi connectivity index (χ2n) is 7.49. The van der Waals surface area contributed by atoms with Crippen LogP contribution in [0.1, 0.15) is 32.7 Å². The maximum absolute atomic E-state index is 14.0. The van der Waals surface area contributed by atoms with Gasteiger partial charge in [0.25, 0.3) is 5.92 Å². The molecule has 0 fully saturated rings. The Hall–Kier alpha value is -3.18. The standard InChI is InChI=1S/C20H23F2N7O2/c1-3-17(20(2,21)22)29-11-14(9-25-29)19-16-4-6-23-28(16)12-15(26-19)13-8-24-27(10-13)7-5-18(30)31/h4,6,8-12,17-18,30-31H,3,5,7H2,1-2H3. The molecule has 0 radical (unpaired) electrons. The van der Waals surface area contributed by atoms with Crippen LogP contribution < -0.4 is 0 Å². The zero-order valence-corrected chi connectivity index (χ0v) is 17.1. The highest BCUT2D eigenvalue weighted by molar-refractivity contribution is 5.78. The topological polar surface area (TPSA) is 106 Å². The number of halogens is 2. The van der Waals surface area contributed by atoms with Crippen LogP contribution in [0.4, 0.5) is 8.78 Å². The molecule has 0 aliphatic heterocycles. The van der Waals surface area contributed by atoms with Crippen molar-refractivity contribution in [2.75, 3.05) is 0 Å². The van der Waals surface area contributed by atoms with Crippen molar-refractivity contribution in [2.24, 2.45) is 0 Å². The molecule has 0 amide bonds. The van der Waals surface area contributed by atoms with Crippen molar-refractivity contribution in [3.8, 4) is 22.5 Å². The van der Waals surface area contributed by atoms with E-state index >= 15 is 0 Å². The fourth-order valence-electron chi connectivity index (χ4n) is 3.55. The number of rotatable bonds is 8. The van der Waals surface area contributed by atoms with E-state index in [1.807, 2.05) is 0 Å². The summed E-state index contributed by atoms with van der Waals surface area (Å²) in [6.07, 6.45) is 8.85. The van der Waals surface area contributed by atoms with E-state index in [2.05, 4.69) is 15.3 Å². The van der Waals surface area contributed by atoms with Crippen LogP contribution in [0, 0.1) is 0 Å². The lowest BCUT2D eigenvalue weighted by Crippen LogP contribution is -2.27. The molecule has 164 valence electrons. The number of aliphatic hydroxyl groups is 2. The molecule has 0 aliphatic rings. The maximum Gasteiger partial charge on any atom is 0.267 e. The molecule has 2 N–H and O–H groups in total. The monoisotopic (exact) mass is 431 g/mol. The summed E-state index contributed by atoms with van der Waals surface area (Å²) in [7, 11) is 0. The summed E-state index contributed by atoms with van der Waals surface area (Å²) in [4.78, 5) is 4.73. The van der Waals surface area contributed by atoms with Crippen LogP contribution in [0.2, 0.25) is 0 Å². The Balaban J connectivity index is 1.72. The summed E-state index contributed by atoms with van der Waals surface area (Å²) in [6.45, 7) is 2.93. The third-order valence-electron chi connectivity index (χ3n) is 5.10. The normalized spacial score (nSPS) is 13.4. The van der Waals surface area contributed by atoms with Crippen LogP contribution in [0.15, 0.2) is 43.2 Å². The molecule has 11 heteroatoms. The molecule has 4 aromatic heterocycles. The first-order valence-corrected chi connectivity index (χ1v) is 9.92. The van der Waals surface area contributed by atoms with Gasteiger partial charge >= 0.3 is 0 Å². The number of hydrogen-bond donors (Lipinski definition) is 2. The van der Waals surface area contributed by atoms with Crippen LogP contribution in [-0.2, 0) is 6.54 Å². The summed E-state index contributed by atoms with van der Waals surface area (Å²) in [5, 5.41) is 30.8. The third kappa shape index (κ3) is 4.32. The zero-order chi connectivity index (χ0) is 22.2.